The van der Waals surface area contributed by atoms with E-state index in [0.717, 1.165) is 4.90 Å². The van der Waals surface area contributed by atoms with Crippen LogP contribution >= 0.6 is 0 Å². The number of rotatable bonds is 5. The Balaban J connectivity index is 1.53. The van der Waals surface area contributed by atoms with Crippen LogP contribution in [0.15, 0.2) is 0 Å². The maximum Gasteiger partial charge on any atom is 0.418 e. The van der Waals surface area contributed by atoms with Crippen molar-refractivity contribution in [1.82, 2.24) is 26.1 Å². The molecule has 2 heterocycles. The van der Waals surface area contributed by atoms with Crippen LogP contribution in [0.4, 0.5) is 9.59 Å². The second-order valence-corrected chi connectivity index (χ2v) is 10.3. The van der Waals surface area contributed by atoms with Crippen molar-refractivity contribution in [2.45, 2.75) is 76.6 Å². The van der Waals surface area contributed by atoms with E-state index in [2.05, 4.69) is 20.5 Å². The zero-order valence-corrected chi connectivity index (χ0v) is 19.4. The fourth-order valence-corrected chi connectivity index (χ4v) is 4.70. The first-order valence-electron chi connectivity index (χ1n) is 10.6. The highest BCUT2D eigenvalue weighted by Crippen LogP contribution is 2.31. The van der Waals surface area contributed by atoms with Gasteiger partial charge in [-0.05, 0) is 46.5 Å². The fraction of sp³-hybridized carbons (Fsp3) is 0.778. The van der Waals surface area contributed by atoms with Gasteiger partial charge in [0, 0.05) is 12.6 Å². The summed E-state index contributed by atoms with van der Waals surface area (Å²) >= 11 is 0. The summed E-state index contributed by atoms with van der Waals surface area (Å²) in [6.45, 7) is 5.22. The molecule has 186 valence electrons. The summed E-state index contributed by atoms with van der Waals surface area (Å²) in [4.78, 5) is 50.8. The van der Waals surface area contributed by atoms with Crippen LogP contribution in [0.5, 0.6) is 0 Å². The molecule has 2 saturated heterocycles. The average Bonchev–Trinajstić information content (AvgIpc) is 3.22. The van der Waals surface area contributed by atoms with E-state index in [1.54, 1.807) is 20.8 Å². The number of alkyl carbamates (subject to hydrolysis) is 1. The monoisotopic (exact) mass is 491 g/mol. The molecule has 14 nitrogen and oxygen atoms in total. The SMILES string of the molecule is CC(C)(C)OC(=O)N[C@@H]1CCC[C@H]1C(=O)NNC(=O)[C@@H]1CCC2CN1C(=O)N2OS(=O)(=O)O. The molecule has 4 N–H and O–H groups in total. The van der Waals surface area contributed by atoms with Gasteiger partial charge < -0.3 is 15.0 Å². The van der Waals surface area contributed by atoms with Gasteiger partial charge >= 0.3 is 22.5 Å². The minimum absolute atomic E-state index is 0.0326. The number of carbonyl (C=O) groups excluding carboxylic acids is 4. The van der Waals surface area contributed by atoms with Gasteiger partial charge in [-0.3, -0.25) is 25.0 Å². The minimum atomic E-state index is -4.89. The van der Waals surface area contributed by atoms with E-state index >= 15 is 0 Å². The van der Waals surface area contributed by atoms with Gasteiger partial charge in [-0.25, -0.2) is 9.59 Å². The Hall–Kier alpha value is -2.65. The molecule has 0 aromatic heterocycles. The summed E-state index contributed by atoms with van der Waals surface area (Å²) in [5.41, 5.74) is 3.97. The predicted molar refractivity (Wildman–Crippen MR) is 110 cm³/mol. The number of nitrogens with zero attached hydrogens (tertiary/aromatic N) is 2. The predicted octanol–water partition coefficient (Wildman–Crippen LogP) is -0.170. The molecule has 1 unspecified atom stereocenters. The van der Waals surface area contributed by atoms with Crippen LogP contribution < -0.4 is 16.2 Å². The van der Waals surface area contributed by atoms with Gasteiger partial charge in [-0.15, -0.1) is 4.28 Å². The molecule has 5 amide bonds. The van der Waals surface area contributed by atoms with Crippen molar-refractivity contribution < 1.29 is 41.2 Å². The van der Waals surface area contributed by atoms with Crippen LogP contribution in [0.3, 0.4) is 0 Å². The molecule has 0 radical (unpaired) electrons. The lowest BCUT2D eigenvalue weighted by molar-refractivity contribution is -0.133. The summed E-state index contributed by atoms with van der Waals surface area (Å²) < 4.78 is 40.3. The molecular weight excluding hydrogens is 462 g/mol. The Bertz CT molecular complexity index is 919. The molecule has 0 spiro atoms. The zero-order valence-electron chi connectivity index (χ0n) is 18.6. The number of hydrogen-bond donors (Lipinski definition) is 4. The lowest BCUT2D eigenvalue weighted by Crippen LogP contribution is -2.56. The van der Waals surface area contributed by atoms with Crippen molar-refractivity contribution >= 4 is 34.3 Å². The van der Waals surface area contributed by atoms with Crippen molar-refractivity contribution in [3.05, 3.63) is 0 Å². The quantitative estimate of drug-likeness (QED) is 0.299. The van der Waals surface area contributed by atoms with E-state index in [0.29, 0.717) is 24.3 Å². The van der Waals surface area contributed by atoms with E-state index in [4.69, 9.17) is 9.29 Å². The Labute approximate surface area is 191 Å². The second kappa shape index (κ2) is 9.30. The number of urea groups is 1. The Morgan fingerprint density at radius 1 is 1.06 bits per heavy atom. The fourth-order valence-electron chi connectivity index (χ4n) is 4.31. The molecule has 2 aliphatic heterocycles. The Morgan fingerprint density at radius 3 is 2.36 bits per heavy atom. The minimum Gasteiger partial charge on any atom is -0.444 e. The average molecular weight is 492 g/mol. The van der Waals surface area contributed by atoms with E-state index in [-0.39, 0.29) is 19.4 Å². The van der Waals surface area contributed by atoms with Crippen LogP contribution in [-0.4, -0.2) is 77.1 Å². The molecule has 0 aromatic carbocycles. The lowest BCUT2D eigenvalue weighted by Gasteiger charge is -2.29. The first-order valence-corrected chi connectivity index (χ1v) is 12.0. The number of ether oxygens (including phenoxy) is 1. The molecule has 3 aliphatic rings. The first-order chi connectivity index (χ1) is 15.2. The summed E-state index contributed by atoms with van der Waals surface area (Å²) in [5.74, 6) is -1.71. The number of piperidine rings is 1. The summed E-state index contributed by atoms with van der Waals surface area (Å²) in [5, 5.41) is 3.23. The highest BCUT2D eigenvalue weighted by Gasteiger charge is 2.49. The standard InChI is InChI=1S/C18H29N5O9S/c1-18(2,3)31-16(26)19-12-6-4-5-11(12)14(24)20-21-15(25)13-8-7-10-9-22(13)17(27)23(10)32-33(28,29)30/h10-13H,4-9H2,1-3H3,(H,19,26)(H,20,24)(H,21,25)(H,28,29,30)/t10?,11-,12-,13+/m1/s1. The van der Waals surface area contributed by atoms with Gasteiger partial charge in [0.15, 0.2) is 0 Å². The lowest BCUT2D eigenvalue weighted by atomic mass is 10.0. The van der Waals surface area contributed by atoms with E-state index in [1.165, 1.54) is 0 Å². The molecule has 33 heavy (non-hydrogen) atoms. The Morgan fingerprint density at radius 2 is 1.73 bits per heavy atom. The number of carbonyl (C=O) groups is 4. The molecule has 15 heteroatoms. The zero-order chi connectivity index (χ0) is 24.6. The van der Waals surface area contributed by atoms with Crippen LogP contribution in [0, 0.1) is 5.92 Å². The van der Waals surface area contributed by atoms with Gasteiger partial charge in [-0.2, -0.15) is 13.5 Å². The normalized spacial score (nSPS) is 27.3. The van der Waals surface area contributed by atoms with Crippen molar-refractivity contribution in [1.29, 1.82) is 0 Å². The number of nitrogens with one attached hydrogen (secondary N) is 3. The topological polar surface area (TPSA) is 184 Å². The van der Waals surface area contributed by atoms with Crippen molar-refractivity contribution in [3.8, 4) is 0 Å². The summed E-state index contributed by atoms with van der Waals surface area (Å²) in [6, 6.07) is -2.91. The van der Waals surface area contributed by atoms with E-state index < -0.39 is 64.0 Å². The summed E-state index contributed by atoms with van der Waals surface area (Å²) in [6.07, 6.45) is 1.64. The molecule has 3 fully saturated rings. The first kappa shape index (κ1) is 25.0. The van der Waals surface area contributed by atoms with Gasteiger partial charge in [0.2, 0.25) is 5.91 Å². The van der Waals surface area contributed by atoms with Crippen LogP contribution in [0.2, 0.25) is 0 Å². The molecule has 3 rings (SSSR count). The third-order valence-corrected chi connectivity index (χ3v) is 6.01. The van der Waals surface area contributed by atoms with Gasteiger partial charge in [0.05, 0.1) is 12.0 Å². The molecule has 1 aliphatic carbocycles. The highest BCUT2D eigenvalue weighted by atomic mass is 32.3. The van der Waals surface area contributed by atoms with Crippen LogP contribution in [0.1, 0.15) is 52.9 Å². The number of hydrogen-bond acceptors (Lipinski definition) is 8. The third kappa shape index (κ3) is 6.23. The van der Waals surface area contributed by atoms with Crippen LogP contribution in [-0.2, 0) is 29.0 Å². The smallest absolute Gasteiger partial charge is 0.418 e. The molecule has 0 aromatic rings. The van der Waals surface area contributed by atoms with Gasteiger partial charge in [0.1, 0.15) is 11.6 Å². The van der Waals surface area contributed by atoms with Crippen molar-refractivity contribution in [3.63, 3.8) is 0 Å². The molecule has 4 atom stereocenters. The van der Waals surface area contributed by atoms with Gasteiger partial charge in [0.25, 0.3) is 5.91 Å². The maximum atomic E-state index is 12.6. The van der Waals surface area contributed by atoms with Crippen molar-refractivity contribution in [2.75, 3.05) is 6.54 Å². The maximum absolute atomic E-state index is 12.6. The van der Waals surface area contributed by atoms with Crippen molar-refractivity contribution in [2.24, 2.45) is 5.92 Å². The molecule has 1 saturated carbocycles. The third-order valence-electron chi connectivity index (χ3n) is 5.66. The van der Waals surface area contributed by atoms with Crippen LogP contribution in [0.25, 0.3) is 0 Å². The largest absolute Gasteiger partial charge is 0.444 e. The molecule has 2 bridgehead atoms. The number of hydroxylamine groups is 2. The second-order valence-electron chi connectivity index (χ2n) is 9.28. The van der Waals surface area contributed by atoms with E-state index in [1.807, 2.05) is 0 Å². The summed E-state index contributed by atoms with van der Waals surface area (Å²) in [7, 11) is -4.89. The Kier molecular flexibility index (Phi) is 7.04. The molecular formula is C18H29N5O9S. The number of fused-ring (bicyclic) bond motifs is 2. The van der Waals surface area contributed by atoms with Gasteiger partial charge in [-0.1, -0.05) is 6.42 Å². The van der Waals surface area contributed by atoms with E-state index in [9.17, 15) is 27.6 Å². The number of amides is 5. The number of hydrazine groups is 1. The highest BCUT2D eigenvalue weighted by molar-refractivity contribution is 7.80.